The first kappa shape index (κ1) is 23.3. The van der Waals surface area contributed by atoms with Crippen molar-refractivity contribution >= 4 is 11.8 Å². The Hall–Kier alpha value is -3.44. The lowest BCUT2D eigenvalue weighted by Crippen LogP contribution is -2.54. The maximum atomic E-state index is 12.9. The minimum Gasteiger partial charge on any atom is -0.426 e. The predicted molar refractivity (Wildman–Crippen MR) is 121 cm³/mol. The number of anilines is 1. The van der Waals surface area contributed by atoms with Crippen LogP contribution in [0, 0.1) is 0 Å². The van der Waals surface area contributed by atoms with Gasteiger partial charge in [0.1, 0.15) is 11.6 Å². The molecule has 2 N–H and O–H groups in total. The number of nitrogens with zero attached hydrogens (tertiary/aromatic N) is 4. The minimum absolute atomic E-state index is 0.152. The van der Waals surface area contributed by atoms with Gasteiger partial charge in [-0.2, -0.15) is 18.3 Å². The summed E-state index contributed by atoms with van der Waals surface area (Å²) >= 11 is 0. The zero-order valence-electron chi connectivity index (χ0n) is 18.8. The summed E-state index contributed by atoms with van der Waals surface area (Å²) in [6, 6.07) is 7.75. The van der Waals surface area contributed by atoms with Gasteiger partial charge in [0.25, 0.3) is 0 Å². The zero-order valence-corrected chi connectivity index (χ0v) is 18.8. The highest BCUT2D eigenvalue weighted by atomic mass is 19.4. The van der Waals surface area contributed by atoms with Crippen LogP contribution >= 0.6 is 0 Å². The molecule has 4 heterocycles. The minimum atomic E-state index is -4.44. The smallest absolute Gasteiger partial charge is 0.417 e. The van der Waals surface area contributed by atoms with Gasteiger partial charge in [0.15, 0.2) is 0 Å². The van der Waals surface area contributed by atoms with Crippen molar-refractivity contribution in [3.8, 4) is 17.0 Å². The van der Waals surface area contributed by atoms with Crippen LogP contribution in [-0.2, 0) is 23.9 Å². The normalized spacial score (nSPS) is 18.9. The summed E-state index contributed by atoms with van der Waals surface area (Å²) in [4.78, 5) is 19.5. The van der Waals surface area contributed by atoms with Crippen molar-refractivity contribution in [2.75, 3.05) is 31.1 Å². The molecule has 2 aliphatic heterocycles. The van der Waals surface area contributed by atoms with E-state index >= 15 is 0 Å². The second-order valence-electron chi connectivity index (χ2n) is 8.73. The molecule has 0 spiro atoms. The number of hydrogen-bond donors (Lipinski definition) is 2. The van der Waals surface area contributed by atoms with Gasteiger partial charge in [-0.1, -0.05) is 0 Å². The van der Waals surface area contributed by atoms with Crippen LogP contribution in [0.4, 0.5) is 19.0 Å². The highest BCUT2D eigenvalue weighted by Gasteiger charge is 2.32. The Balaban J connectivity index is 1.28. The largest absolute Gasteiger partial charge is 0.426 e. The van der Waals surface area contributed by atoms with Crippen molar-refractivity contribution in [2.45, 2.75) is 31.6 Å². The second-order valence-corrected chi connectivity index (χ2v) is 8.73. The topological polar surface area (TPSA) is 94.6 Å². The van der Waals surface area contributed by atoms with Crippen LogP contribution in [0.3, 0.4) is 0 Å². The number of aliphatic hydroxyl groups is 1. The number of carbonyl (C=O) groups is 1. The van der Waals surface area contributed by atoms with Gasteiger partial charge in [0.05, 0.1) is 36.5 Å². The molecule has 35 heavy (non-hydrogen) atoms. The number of pyridine rings is 1. The summed E-state index contributed by atoms with van der Waals surface area (Å²) in [6.45, 7) is 2.11. The lowest BCUT2D eigenvalue weighted by molar-refractivity contribution is -0.138. The Morgan fingerprint density at radius 3 is 2.74 bits per heavy atom. The molecular weight excluding hydrogens is 463 g/mol. The van der Waals surface area contributed by atoms with Gasteiger partial charge in [-0.25, -0.2) is 4.98 Å². The van der Waals surface area contributed by atoms with Gasteiger partial charge >= 0.3 is 12.1 Å². The van der Waals surface area contributed by atoms with Crippen LogP contribution in [0.1, 0.15) is 23.1 Å². The highest BCUT2D eigenvalue weighted by molar-refractivity contribution is 5.76. The standard InChI is InChI=1S/C24H24F3N5O3/c25-24(26,27)18-3-5-21(28-11-18)32-8-7-31(13-19(32)14-33)12-17-10-29-30-23(17)16-1-4-20-15(9-16)2-6-22(34)35-20/h1,3-5,9-11,19,33H,2,6-8,12-14H2,(H,29,30)/t19-/m0/s1. The third-order valence-corrected chi connectivity index (χ3v) is 6.43. The van der Waals surface area contributed by atoms with Gasteiger partial charge in [-0.05, 0) is 42.3 Å². The van der Waals surface area contributed by atoms with E-state index < -0.39 is 11.7 Å². The van der Waals surface area contributed by atoms with Crippen LogP contribution in [-0.4, -0.2) is 63.4 Å². The number of aromatic amines is 1. The van der Waals surface area contributed by atoms with E-state index in [1.807, 2.05) is 17.0 Å². The van der Waals surface area contributed by atoms with Crippen molar-refractivity contribution in [3.63, 3.8) is 0 Å². The number of alkyl halides is 3. The van der Waals surface area contributed by atoms with Gasteiger partial charge in [0, 0.05) is 43.5 Å². The number of halogens is 3. The van der Waals surface area contributed by atoms with Crippen molar-refractivity contribution in [1.82, 2.24) is 20.1 Å². The number of esters is 1. The number of aliphatic hydroxyl groups excluding tert-OH is 1. The predicted octanol–water partition coefficient (Wildman–Crippen LogP) is 3.03. The van der Waals surface area contributed by atoms with E-state index in [1.54, 1.807) is 12.3 Å². The van der Waals surface area contributed by atoms with E-state index in [1.165, 1.54) is 6.07 Å². The average Bonchev–Trinajstić information content (AvgIpc) is 3.31. The Bertz CT molecular complexity index is 1210. The number of carbonyl (C=O) groups excluding carboxylic acids is 1. The van der Waals surface area contributed by atoms with Crippen LogP contribution in [0.2, 0.25) is 0 Å². The SMILES string of the molecule is O=C1CCc2cc(-c3[nH]ncc3CN3CCN(c4ccc(C(F)(F)F)cn4)[C@H](CO)C3)ccc2O1. The molecule has 0 unspecified atom stereocenters. The maximum absolute atomic E-state index is 12.9. The van der Waals surface area contributed by atoms with E-state index in [4.69, 9.17) is 4.74 Å². The molecule has 184 valence electrons. The Morgan fingerprint density at radius 1 is 1.14 bits per heavy atom. The summed E-state index contributed by atoms with van der Waals surface area (Å²) in [5.41, 5.74) is 2.97. The molecule has 0 aliphatic carbocycles. The van der Waals surface area contributed by atoms with E-state index in [0.29, 0.717) is 50.6 Å². The molecule has 0 amide bonds. The number of rotatable bonds is 5. The molecule has 1 saturated heterocycles. The summed E-state index contributed by atoms with van der Waals surface area (Å²) in [5.74, 6) is 0.775. The Kier molecular flexibility index (Phi) is 6.20. The molecule has 1 fully saturated rings. The first-order chi connectivity index (χ1) is 16.8. The van der Waals surface area contributed by atoms with Crippen molar-refractivity contribution in [3.05, 3.63) is 59.4 Å². The Labute approximate surface area is 199 Å². The molecule has 11 heteroatoms. The van der Waals surface area contributed by atoms with Gasteiger partial charge in [0.2, 0.25) is 0 Å². The molecule has 0 saturated carbocycles. The third-order valence-electron chi connectivity index (χ3n) is 6.43. The van der Waals surface area contributed by atoms with Gasteiger partial charge in [-0.15, -0.1) is 0 Å². The van der Waals surface area contributed by atoms with Crippen molar-refractivity contribution in [2.24, 2.45) is 0 Å². The number of aryl methyl sites for hydroxylation is 1. The van der Waals surface area contributed by atoms with E-state index in [2.05, 4.69) is 20.1 Å². The average molecular weight is 487 g/mol. The van der Waals surface area contributed by atoms with Crippen LogP contribution in [0.15, 0.2) is 42.7 Å². The molecule has 8 nitrogen and oxygen atoms in total. The Morgan fingerprint density at radius 2 is 2.00 bits per heavy atom. The molecule has 5 rings (SSSR count). The van der Waals surface area contributed by atoms with Crippen molar-refractivity contribution in [1.29, 1.82) is 0 Å². The quantitative estimate of drug-likeness (QED) is 0.422. The number of ether oxygens (including phenoxy) is 1. The fraction of sp³-hybridized carbons (Fsp3) is 0.375. The lowest BCUT2D eigenvalue weighted by Gasteiger charge is -2.41. The zero-order chi connectivity index (χ0) is 24.6. The van der Waals surface area contributed by atoms with E-state index in [0.717, 1.165) is 34.6 Å². The van der Waals surface area contributed by atoms with E-state index in [9.17, 15) is 23.1 Å². The number of aromatic nitrogens is 3. The number of fused-ring (bicyclic) bond motifs is 1. The summed E-state index contributed by atoms with van der Waals surface area (Å²) in [5, 5.41) is 17.3. The number of benzene rings is 1. The second kappa shape index (κ2) is 9.31. The van der Waals surface area contributed by atoms with Crippen LogP contribution < -0.4 is 9.64 Å². The van der Waals surface area contributed by atoms with Crippen LogP contribution in [0.25, 0.3) is 11.3 Å². The van der Waals surface area contributed by atoms with Crippen molar-refractivity contribution < 1.29 is 27.8 Å². The number of nitrogens with one attached hydrogen (secondary N) is 1. The summed E-state index contributed by atoms with van der Waals surface area (Å²) in [7, 11) is 0. The van der Waals surface area contributed by atoms with Gasteiger partial charge in [-0.3, -0.25) is 14.8 Å². The highest BCUT2D eigenvalue weighted by Crippen LogP contribution is 2.32. The fourth-order valence-electron chi connectivity index (χ4n) is 4.61. The summed E-state index contributed by atoms with van der Waals surface area (Å²) in [6.07, 6.45) is -0.859. The number of H-pyrrole nitrogens is 1. The molecule has 0 bridgehead atoms. The summed E-state index contributed by atoms with van der Waals surface area (Å²) < 4.78 is 43.9. The lowest BCUT2D eigenvalue weighted by atomic mass is 10.00. The third kappa shape index (κ3) is 4.87. The molecule has 2 aromatic heterocycles. The molecule has 1 atom stereocenters. The van der Waals surface area contributed by atoms with Crippen LogP contribution in [0.5, 0.6) is 5.75 Å². The maximum Gasteiger partial charge on any atom is 0.417 e. The first-order valence-corrected chi connectivity index (χ1v) is 11.3. The monoisotopic (exact) mass is 487 g/mol. The van der Waals surface area contributed by atoms with Gasteiger partial charge < -0.3 is 14.7 Å². The molecule has 0 radical (unpaired) electrons. The fourth-order valence-corrected chi connectivity index (χ4v) is 4.61. The molecule has 1 aromatic carbocycles. The number of hydrogen-bond acceptors (Lipinski definition) is 7. The first-order valence-electron chi connectivity index (χ1n) is 11.3. The molecule has 2 aliphatic rings. The molecular formula is C24H24F3N5O3. The van der Waals surface area contributed by atoms with E-state index in [-0.39, 0.29) is 18.6 Å². The number of piperazine rings is 1. The molecule has 3 aromatic rings.